The number of carbonyl (C=O) groups is 4. The van der Waals surface area contributed by atoms with Crippen LogP contribution in [0, 0.1) is 26.7 Å². The zero-order valence-electron chi connectivity index (χ0n) is 21.2. The van der Waals surface area contributed by atoms with Gasteiger partial charge in [0.2, 0.25) is 0 Å². The minimum Gasteiger partial charge on any atom is -0.343 e. The van der Waals surface area contributed by atoms with E-state index in [9.17, 15) is 19.2 Å². The molecule has 0 N–H and O–H groups in total. The predicted octanol–water partition coefficient (Wildman–Crippen LogP) is 6.72. The van der Waals surface area contributed by atoms with Gasteiger partial charge in [-0.15, -0.1) is 0 Å². The number of hydrogen-bond acceptors (Lipinski definition) is 4. The van der Waals surface area contributed by atoms with Gasteiger partial charge in [0.15, 0.2) is 0 Å². The second kappa shape index (κ2) is 36.6. The van der Waals surface area contributed by atoms with Crippen LogP contribution in [-0.2, 0) is 19.2 Å². The molecule has 4 nitrogen and oxygen atoms in total. The van der Waals surface area contributed by atoms with Crippen molar-refractivity contribution in [1.29, 1.82) is 0 Å². The van der Waals surface area contributed by atoms with Crippen LogP contribution in [0.4, 0.5) is 0 Å². The summed E-state index contributed by atoms with van der Waals surface area (Å²) in [5.74, 6) is -0.750. The Morgan fingerprint density at radius 3 is 0.871 bits per heavy atom. The van der Waals surface area contributed by atoms with Gasteiger partial charge in [0, 0.05) is 23.1 Å². The zero-order chi connectivity index (χ0) is 24.2. The van der Waals surface area contributed by atoms with Crippen LogP contribution < -0.4 is 0 Å². The molecule has 180 valence electrons. The van der Waals surface area contributed by atoms with Crippen molar-refractivity contribution in [3.63, 3.8) is 0 Å². The third kappa shape index (κ3) is 73.0. The summed E-state index contributed by atoms with van der Waals surface area (Å²) in [5.41, 5.74) is 0. The molecule has 0 aliphatic carbocycles. The second-order valence-corrected chi connectivity index (χ2v) is 7.27. The van der Waals surface area contributed by atoms with E-state index in [4.69, 9.17) is 0 Å². The number of unbranched alkanes of at least 4 members (excludes halogenated alkanes) is 10. The van der Waals surface area contributed by atoms with Gasteiger partial charge in [0.1, 0.15) is 0 Å². The summed E-state index contributed by atoms with van der Waals surface area (Å²) in [7, 11) is 0. The van der Waals surface area contributed by atoms with E-state index in [1.54, 1.807) is 0 Å². The fourth-order valence-corrected chi connectivity index (χ4v) is 2.13. The molecule has 0 bridgehead atoms. The monoisotopic (exact) mass is 544 g/mol. The van der Waals surface area contributed by atoms with Gasteiger partial charge in [0.25, 0.3) is 0 Å². The van der Waals surface area contributed by atoms with Crippen LogP contribution in [0.25, 0.3) is 0 Å². The fraction of sp³-hybridized carbons (Fsp3) is 0.692. The van der Waals surface area contributed by atoms with Crippen molar-refractivity contribution in [1.82, 2.24) is 0 Å². The molecule has 0 aromatic carbocycles. The summed E-state index contributed by atoms with van der Waals surface area (Å²) in [6.45, 7) is 17.4. The molecule has 0 saturated carbocycles. The van der Waals surface area contributed by atoms with Crippen LogP contribution in [0.15, 0.2) is 0 Å². The molecule has 0 saturated heterocycles. The van der Waals surface area contributed by atoms with Gasteiger partial charge >= 0.3 is 23.9 Å². The maximum atomic E-state index is 9.98. The number of hydrogen-bond donors (Lipinski definition) is 0. The first kappa shape index (κ1) is 40.6. The Morgan fingerprint density at radius 1 is 0.516 bits per heavy atom. The Kier molecular flexibility index (Phi) is 47.9. The number of ketones is 4. The normalized spacial score (nSPS) is 8.52. The molecule has 0 aromatic rings. The van der Waals surface area contributed by atoms with E-state index in [2.05, 4.69) is 27.7 Å². The van der Waals surface area contributed by atoms with Crippen LogP contribution >= 0.6 is 0 Å². The Labute approximate surface area is 211 Å². The first-order valence-corrected chi connectivity index (χ1v) is 11.4. The van der Waals surface area contributed by atoms with Crippen molar-refractivity contribution in [3.8, 4) is 0 Å². The molecule has 0 atom stereocenters. The molecule has 0 amide bonds. The molecule has 0 spiro atoms. The van der Waals surface area contributed by atoms with Gasteiger partial charge < -0.3 is 33.0 Å². The topological polar surface area (TPSA) is 68.3 Å². The third-order valence-electron chi connectivity index (χ3n) is 3.52. The van der Waals surface area contributed by atoms with Crippen molar-refractivity contribution < 1.29 is 19.2 Å². The zero-order valence-corrected chi connectivity index (χ0v) is 24.0. The molecule has 31 heavy (non-hydrogen) atoms. The van der Waals surface area contributed by atoms with Crippen molar-refractivity contribution in [2.75, 3.05) is 0 Å². The Hall–Kier alpha value is -0.781. The van der Waals surface area contributed by atoms with Gasteiger partial charge in [0.05, 0.1) is 0 Å². The molecule has 0 rings (SSSR count). The van der Waals surface area contributed by atoms with Crippen LogP contribution in [0.2, 0.25) is 0 Å². The number of rotatable bonds is 14. The van der Waals surface area contributed by atoms with E-state index in [1.807, 2.05) is 0 Å². The van der Waals surface area contributed by atoms with Gasteiger partial charge in [-0.2, -0.15) is 12.8 Å². The van der Waals surface area contributed by atoms with Gasteiger partial charge in [-0.05, 0) is 27.7 Å². The summed E-state index contributed by atoms with van der Waals surface area (Å²) in [6, 6.07) is 0. The summed E-state index contributed by atoms with van der Waals surface area (Å²) in [5, 5.41) is 0. The van der Waals surface area contributed by atoms with Crippen LogP contribution in [0.3, 0.4) is 0 Å². The van der Waals surface area contributed by atoms with E-state index in [0.717, 1.165) is 25.7 Å². The summed E-state index contributed by atoms with van der Waals surface area (Å²) in [6.07, 6.45) is 18.1. The average molecular weight is 543 g/mol. The molecule has 0 aliphatic rings. The van der Waals surface area contributed by atoms with Crippen molar-refractivity contribution in [2.24, 2.45) is 0 Å². The van der Waals surface area contributed by atoms with Crippen molar-refractivity contribution in [2.45, 2.75) is 119 Å². The van der Waals surface area contributed by atoms with E-state index < -0.39 is 0 Å². The summed E-state index contributed by atoms with van der Waals surface area (Å²) < 4.78 is 0. The molecule has 0 aromatic heterocycles. The van der Waals surface area contributed by atoms with E-state index in [1.165, 1.54) is 91.9 Å². The first-order valence-electron chi connectivity index (χ1n) is 11.4. The number of carbonyl (C=O) groups excluding carboxylic acids is 4. The largest absolute Gasteiger partial charge is 4.00 e. The van der Waals surface area contributed by atoms with E-state index in [-0.39, 0.29) is 47.0 Å². The van der Waals surface area contributed by atoms with E-state index >= 15 is 0 Å². The van der Waals surface area contributed by atoms with Crippen molar-refractivity contribution >= 4 is 47.0 Å². The molecule has 0 unspecified atom stereocenters. The maximum absolute atomic E-state index is 9.98. The molecular formula is C26H48O4Sn. The fourth-order valence-electron chi connectivity index (χ4n) is 2.13. The quantitative estimate of drug-likeness (QED) is 0.106. The van der Waals surface area contributed by atoms with Crippen molar-refractivity contribution in [3.05, 3.63) is 26.7 Å². The molecule has 0 radical (unpaired) electrons. The molecule has 0 fully saturated rings. The molecular weight excluding hydrogens is 495 g/mol. The SMILES string of the molecule is CC(=O)[CH-]C(C)=O.CC(=O)[CH-]C(C)=O.[CH2-]CCCCCCC.[CH2-]CCCCCCC.[Sn+4]. The van der Waals surface area contributed by atoms with Gasteiger partial charge in [-0.1, -0.05) is 78.1 Å². The van der Waals surface area contributed by atoms with Crippen LogP contribution in [-0.4, -0.2) is 47.0 Å². The smallest absolute Gasteiger partial charge is 0.343 e. The minimum absolute atomic E-state index is 0. The Balaban J connectivity index is -0.0000000961. The van der Waals surface area contributed by atoms with E-state index in [0.29, 0.717) is 0 Å². The Morgan fingerprint density at radius 2 is 0.742 bits per heavy atom. The standard InChI is InChI=1S/2C8H17.2C5H7O2.Sn/c2*1-3-5-7-8-6-4-2;2*1-4(6)3-5(2)7;/h2*1,3-8H2,2H3;2*3H,1-2H3;/q4*-1;+4. The number of Topliss-reactive ketones (excluding diaryl/α,β-unsaturated/α-hetero) is 4. The Bertz CT molecular complexity index is 332. The summed E-state index contributed by atoms with van der Waals surface area (Å²) >= 11 is 0. The molecule has 0 heterocycles. The maximum Gasteiger partial charge on any atom is 4.00 e. The predicted molar refractivity (Wildman–Crippen MR) is 135 cm³/mol. The van der Waals surface area contributed by atoms with Gasteiger partial charge in [-0.25, -0.2) is 0 Å². The summed E-state index contributed by atoms with van der Waals surface area (Å²) in [4.78, 5) is 39.9. The molecule has 0 aliphatic heterocycles. The first-order chi connectivity index (χ1) is 14.1. The van der Waals surface area contributed by atoms with Crippen LogP contribution in [0.1, 0.15) is 119 Å². The minimum atomic E-state index is -0.187. The van der Waals surface area contributed by atoms with Gasteiger partial charge in [-0.3, -0.25) is 12.8 Å². The second-order valence-electron chi connectivity index (χ2n) is 7.27. The average Bonchev–Trinajstić information content (AvgIpc) is 2.62. The molecule has 5 heteroatoms. The third-order valence-corrected chi connectivity index (χ3v) is 3.52. The van der Waals surface area contributed by atoms with Crippen LogP contribution in [0.5, 0.6) is 0 Å².